The Morgan fingerprint density at radius 2 is 1.96 bits per heavy atom. The summed E-state index contributed by atoms with van der Waals surface area (Å²) in [4.78, 5) is 12.3. The number of carbonyl (C=O) groups is 1. The molecular weight excluding hydrogens is 371 g/mol. The average Bonchev–Trinajstić information content (AvgIpc) is 3.46. The molecule has 0 aromatic heterocycles. The van der Waals surface area contributed by atoms with Crippen molar-refractivity contribution in [2.24, 2.45) is 0 Å². The molecule has 8 heteroatoms. The van der Waals surface area contributed by atoms with E-state index in [0.717, 1.165) is 12.8 Å². The molecule has 0 radical (unpaired) electrons. The van der Waals surface area contributed by atoms with E-state index < -0.39 is 15.9 Å². The third-order valence-corrected chi connectivity index (χ3v) is 5.79. The zero-order valence-electron chi connectivity index (χ0n) is 14.9. The van der Waals surface area contributed by atoms with E-state index in [9.17, 15) is 17.6 Å². The third-order valence-electron chi connectivity index (χ3n) is 4.25. The number of benzene rings is 2. The predicted molar refractivity (Wildman–Crippen MR) is 98.8 cm³/mol. The quantitative estimate of drug-likeness (QED) is 0.722. The maximum Gasteiger partial charge on any atom is 0.251 e. The largest absolute Gasteiger partial charge is 0.495 e. The molecule has 1 aliphatic carbocycles. The molecule has 1 aliphatic rings. The molecule has 0 unspecified atom stereocenters. The van der Waals surface area contributed by atoms with E-state index >= 15 is 0 Å². The van der Waals surface area contributed by atoms with Crippen LogP contribution in [0.3, 0.4) is 0 Å². The Hall–Kier alpha value is -2.45. The van der Waals surface area contributed by atoms with Gasteiger partial charge in [0.05, 0.1) is 7.11 Å². The molecule has 1 amide bonds. The van der Waals surface area contributed by atoms with Gasteiger partial charge in [0.1, 0.15) is 16.5 Å². The Bertz CT molecular complexity index is 942. The fraction of sp³-hybridized carbons (Fsp3) is 0.316. The van der Waals surface area contributed by atoms with Crippen molar-refractivity contribution in [1.82, 2.24) is 10.0 Å². The zero-order chi connectivity index (χ0) is 19.4. The number of sulfonamides is 1. The number of hydrogen-bond acceptors (Lipinski definition) is 4. The van der Waals surface area contributed by atoms with Gasteiger partial charge in [0.25, 0.3) is 5.91 Å². The summed E-state index contributed by atoms with van der Waals surface area (Å²) in [5.41, 5.74) is 0.699. The van der Waals surface area contributed by atoms with Crippen LogP contribution >= 0.6 is 0 Å². The average molecular weight is 392 g/mol. The van der Waals surface area contributed by atoms with Crippen LogP contribution in [-0.4, -0.2) is 34.0 Å². The highest BCUT2D eigenvalue weighted by molar-refractivity contribution is 7.89. The summed E-state index contributed by atoms with van der Waals surface area (Å²) in [6.45, 7) is 0.230. The van der Waals surface area contributed by atoms with Crippen LogP contribution in [0.25, 0.3) is 0 Å². The van der Waals surface area contributed by atoms with E-state index in [1.54, 1.807) is 18.2 Å². The number of carbonyl (C=O) groups excluding carboxylic acids is 1. The Labute approximate surface area is 157 Å². The van der Waals surface area contributed by atoms with E-state index in [0.29, 0.717) is 12.0 Å². The van der Waals surface area contributed by atoms with Crippen LogP contribution in [0.15, 0.2) is 47.4 Å². The molecule has 0 spiro atoms. The first kappa shape index (κ1) is 19.3. The van der Waals surface area contributed by atoms with Crippen molar-refractivity contribution in [2.75, 3.05) is 13.7 Å². The van der Waals surface area contributed by atoms with Crippen molar-refractivity contribution >= 4 is 15.9 Å². The monoisotopic (exact) mass is 392 g/mol. The van der Waals surface area contributed by atoms with E-state index in [-0.39, 0.29) is 34.6 Å². The summed E-state index contributed by atoms with van der Waals surface area (Å²) < 4.78 is 46.3. The van der Waals surface area contributed by atoms with Crippen molar-refractivity contribution in [2.45, 2.75) is 30.2 Å². The Balaban J connectivity index is 1.71. The van der Waals surface area contributed by atoms with Crippen LogP contribution < -0.4 is 14.8 Å². The maximum absolute atomic E-state index is 13.6. The van der Waals surface area contributed by atoms with E-state index in [2.05, 4.69) is 10.0 Å². The molecule has 27 heavy (non-hydrogen) atoms. The SMILES string of the molecule is COc1ccc(C(=O)NCCc2ccccc2F)cc1S(=O)(=O)NC1CC1. The van der Waals surface area contributed by atoms with Gasteiger partial charge in [0.15, 0.2) is 0 Å². The highest BCUT2D eigenvalue weighted by Gasteiger charge is 2.30. The third kappa shape index (κ3) is 4.84. The van der Waals surface area contributed by atoms with Gasteiger partial charge in [0, 0.05) is 18.2 Å². The maximum atomic E-state index is 13.6. The van der Waals surface area contributed by atoms with Crippen LogP contribution in [0.4, 0.5) is 4.39 Å². The molecule has 0 atom stereocenters. The second-order valence-corrected chi connectivity index (χ2v) is 8.04. The minimum Gasteiger partial charge on any atom is -0.495 e. The van der Waals surface area contributed by atoms with Crippen molar-refractivity contribution in [3.63, 3.8) is 0 Å². The molecule has 2 aromatic carbocycles. The summed E-state index contributed by atoms with van der Waals surface area (Å²) in [6.07, 6.45) is 1.94. The fourth-order valence-electron chi connectivity index (χ4n) is 2.63. The number of nitrogens with one attached hydrogen (secondary N) is 2. The van der Waals surface area contributed by atoms with Crippen LogP contribution in [0.1, 0.15) is 28.8 Å². The second kappa shape index (κ2) is 8.06. The van der Waals surface area contributed by atoms with Crippen molar-refractivity contribution in [1.29, 1.82) is 0 Å². The van der Waals surface area contributed by atoms with Gasteiger partial charge in [-0.1, -0.05) is 18.2 Å². The van der Waals surface area contributed by atoms with Gasteiger partial charge in [-0.3, -0.25) is 4.79 Å². The van der Waals surface area contributed by atoms with Gasteiger partial charge in [-0.05, 0) is 49.1 Å². The molecule has 1 saturated carbocycles. The van der Waals surface area contributed by atoms with Crippen LogP contribution in [0, 0.1) is 5.82 Å². The standard InChI is InChI=1S/C19H21FN2O4S/c1-26-17-9-6-14(12-18(17)27(24,25)22-15-7-8-15)19(23)21-11-10-13-4-2-3-5-16(13)20/h2-6,9,12,15,22H,7-8,10-11H2,1H3,(H,21,23). The molecular formula is C19H21FN2O4S. The van der Waals surface area contributed by atoms with Crippen molar-refractivity contribution in [3.05, 3.63) is 59.4 Å². The zero-order valence-corrected chi connectivity index (χ0v) is 15.7. The second-order valence-electron chi connectivity index (χ2n) is 6.36. The molecule has 6 nitrogen and oxygen atoms in total. The van der Waals surface area contributed by atoms with Gasteiger partial charge < -0.3 is 10.1 Å². The van der Waals surface area contributed by atoms with Crippen LogP contribution in [0.2, 0.25) is 0 Å². The van der Waals surface area contributed by atoms with E-state index in [4.69, 9.17) is 4.74 Å². The minimum atomic E-state index is -3.77. The summed E-state index contributed by atoms with van der Waals surface area (Å²) in [7, 11) is -2.39. The lowest BCUT2D eigenvalue weighted by Crippen LogP contribution is -2.28. The topological polar surface area (TPSA) is 84.5 Å². The van der Waals surface area contributed by atoms with Crippen LogP contribution in [-0.2, 0) is 16.4 Å². The molecule has 0 bridgehead atoms. The van der Waals surface area contributed by atoms with Crippen molar-refractivity contribution in [3.8, 4) is 5.75 Å². The van der Waals surface area contributed by atoms with Crippen LogP contribution in [0.5, 0.6) is 5.75 Å². The molecule has 2 aromatic rings. The molecule has 0 heterocycles. The highest BCUT2D eigenvalue weighted by atomic mass is 32.2. The molecule has 3 rings (SSSR count). The smallest absolute Gasteiger partial charge is 0.251 e. The summed E-state index contributed by atoms with van der Waals surface area (Å²) in [5, 5.41) is 2.68. The number of amides is 1. The Kier molecular flexibility index (Phi) is 5.76. The normalized spacial score (nSPS) is 14.0. The summed E-state index contributed by atoms with van der Waals surface area (Å²) in [6, 6.07) is 10.5. The number of rotatable bonds is 8. The first-order chi connectivity index (χ1) is 12.9. The van der Waals surface area contributed by atoms with Gasteiger partial charge in [-0.25, -0.2) is 17.5 Å². The van der Waals surface area contributed by atoms with Gasteiger partial charge in [0.2, 0.25) is 10.0 Å². The van der Waals surface area contributed by atoms with Crippen molar-refractivity contribution < 1.29 is 22.3 Å². The first-order valence-electron chi connectivity index (χ1n) is 8.62. The lowest BCUT2D eigenvalue weighted by Gasteiger charge is -2.12. The van der Waals surface area contributed by atoms with Gasteiger partial charge >= 0.3 is 0 Å². The minimum absolute atomic E-state index is 0.0574. The lowest BCUT2D eigenvalue weighted by molar-refractivity contribution is 0.0953. The number of methoxy groups -OCH3 is 1. The van der Waals surface area contributed by atoms with Gasteiger partial charge in [-0.2, -0.15) is 0 Å². The first-order valence-corrected chi connectivity index (χ1v) is 10.1. The lowest BCUT2D eigenvalue weighted by atomic mass is 10.1. The molecule has 2 N–H and O–H groups in total. The summed E-state index contributed by atoms with van der Waals surface area (Å²) in [5.74, 6) is -0.585. The van der Waals surface area contributed by atoms with Gasteiger partial charge in [-0.15, -0.1) is 0 Å². The molecule has 144 valence electrons. The fourth-order valence-corrected chi connectivity index (χ4v) is 4.13. The number of hydrogen-bond donors (Lipinski definition) is 2. The molecule has 1 fully saturated rings. The Morgan fingerprint density at radius 1 is 1.22 bits per heavy atom. The molecule has 0 saturated heterocycles. The number of halogens is 1. The number of ether oxygens (including phenoxy) is 1. The van der Waals surface area contributed by atoms with E-state index in [1.807, 2.05) is 0 Å². The molecule has 0 aliphatic heterocycles. The summed E-state index contributed by atoms with van der Waals surface area (Å²) >= 11 is 0. The van der Waals surface area contributed by atoms with E-state index in [1.165, 1.54) is 31.4 Å². The highest BCUT2D eigenvalue weighted by Crippen LogP contribution is 2.28. The Morgan fingerprint density at radius 3 is 2.63 bits per heavy atom. The predicted octanol–water partition coefficient (Wildman–Crippen LogP) is 2.25.